The third kappa shape index (κ3) is 5.89. The maximum atomic E-state index is 11.7. The van der Waals surface area contributed by atoms with Crippen LogP contribution in [0, 0.1) is 0 Å². The number of nitrogens with one attached hydrogen (secondary N) is 2. The highest BCUT2D eigenvalue weighted by Crippen LogP contribution is 2.08. The quantitative estimate of drug-likeness (QED) is 0.712. The van der Waals surface area contributed by atoms with Crippen molar-refractivity contribution >= 4 is 11.8 Å². The summed E-state index contributed by atoms with van der Waals surface area (Å²) in [6.07, 6.45) is 6.64. The summed E-state index contributed by atoms with van der Waals surface area (Å²) in [7, 11) is 0. The fraction of sp³-hybridized carbons (Fsp3) is 0.625. The van der Waals surface area contributed by atoms with Crippen molar-refractivity contribution in [3.8, 4) is 0 Å². The number of furan rings is 1. The second-order valence-corrected chi connectivity index (χ2v) is 5.59. The van der Waals surface area contributed by atoms with Gasteiger partial charge in [-0.3, -0.25) is 9.59 Å². The number of carbonyl (C=O) groups excluding carboxylic acids is 2. The third-order valence-corrected chi connectivity index (χ3v) is 3.80. The van der Waals surface area contributed by atoms with E-state index >= 15 is 0 Å². The van der Waals surface area contributed by atoms with Crippen LogP contribution in [0.15, 0.2) is 22.8 Å². The van der Waals surface area contributed by atoms with Crippen molar-refractivity contribution in [2.75, 3.05) is 32.7 Å². The minimum Gasteiger partial charge on any atom is -0.459 e. The molecule has 2 rings (SSSR count). The van der Waals surface area contributed by atoms with Crippen molar-refractivity contribution in [3.05, 3.63) is 24.2 Å². The van der Waals surface area contributed by atoms with Crippen LogP contribution in [0.2, 0.25) is 0 Å². The van der Waals surface area contributed by atoms with Crippen LogP contribution in [0.4, 0.5) is 0 Å². The first-order valence-corrected chi connectivity index (χ1v) is 8.06. The minimum absolute atomic E-state index is 0.0293. The summed E-state index contributed by atoms with van der Waals surface area (Å²) >= 11 is 0. The summed E-state index contributed by atoms with van der Waals surface area (Å²) < 4.78 is 4.97. The van der Waals surface area contributed by atoms with Crippen LogP contribution in [0.1, 0.15) is 42.7 Å². The van der Waals surface area contributed by atoms with Gasteiger partial charge in [0.25, 0.3) is 5.91 Å². The Hall–Kier alpha value is -1.82. The molecule has 1 fully saturated rings. The number of hydrogen-bond acceptors (Lipinski definition) is 4. The number of piperidine rings is 1. The molecule has 1 aromatic rings. The highest BCUT2D eigenvalue weighted by Gasteiger charge is 2.10. The van der Waals surface area contributed by atoms with Gasteiger partial charge in [0.1, 0.15) is 0 Å². The summed E-state index contributed by atoms with van der Waals surface area (Å²) in [6, 6.07) is 3.25. The number of nitrogens with zero attached hydrogens (tertiary/aromatic N) is 1. The Morgan fingerprint density at radius 2 is 1.95 bits per heavy atom. The van der Waals surface area contributed by atoms with E-state index in [-0.39, 0.29) is 24.0 Å². The largest absolute Gasteiger partial charge is 0.459 e. The summed E-state index contributed by atoms with van der Waals surface area (Å²) in [4.78, 5) is 25.7. The predicted octanol–water partition coefficient (Wildman–Crippen LogP) is 1.39. The molecule has 2 amide bonds. The zero-order chi connectivity index (χ0) is 15.6. The van der Waals surface area contributed by atoms with E-state index in [1.807, 2.05) is 0 Å². The molecule has 0 aromatic carbocycles. The monoisotopic (exact) mass is 307 g/mol. The van der Waals surface area contributed by atoms with Crippen molar-refractivity contribution in [2.45, 2.75) is 32.1 Å². The highest BCUT2D eigenvalue weighted by atomic mass is 16.3. The molecule has 122 valence electrons. The molecule has 0 saturated carbocycles. The second kappa shape index (κ2) is 9.25. The van der Waals surface area contributed by atoms with Crippen LogP contribution in [-0.2, 0) is 4.79 Å². The zero-order valence-electron chi connectivity index (χ0n) is 13.0. The smallest absolute Gasteiger partial charge is 0.286 e. The summed E-state index contributed by atoms with van der Waals surface area (Å²) in [5.41, 5.74) is 0. The lowest BCUT2D eigenvalue weighted by Crippen LogP contribution is -2.34. The number of rotatable bonds is 8. The Morgan fingerprint density at radius 1 is 1.14 bits per heavy atom. The molecule has 1 saturated heterocycles. The first-order valence-electron chi connectivity index (χ1n) is 8.06. The van der Waals surface area contributed by atoms with Gasteiger partial charge >= 0.3 is 0 Å². The van der Waals surface area contributed by atoms with Gasteiger partial charge in [0.2, 0.25) is 5.91 Å². The first-order chi connectivity index (χ1) is 10.8. The molecule has 6 nitrogen and oxygen atoms in total. The zero-order valence-corrected chi connectivity index (χ0v) is 13.0. The molecule has 1 aliphatic heterocycles. The lowest BCUT2D eigenvalue weighted by molar-refractivity contribution is -0.120. The maximum Gasteiger partial charge on any atom is 0.286 e. The van der Waals surface area contributed by atoms with E-state index in [1.165, 1.54) is 38.6 Å². The van der Waals surface area contributed by atoms with Gasteiger partial charge < -0.3 is 20.0 Å². The van der Waals surface area contributed by atoms with E-state index in [9.17, 15) is 9.59 Å². The lowest BCUT2D eigenvalue weighted by atomic mass is 10.1. The van der Waals surface area contributed by atoms with Gasteiger partial charge in [0, 0.05) is 19.5 Å². The summed E-state index contributed by atoms with van der Waals surface area (Å²) in [5.74, 6) is -0.0526. The van der Waals surface area contributed by atoms with Crippen molar-refractivity contribution in [3.63, 3.8) is 0 Å². The van der Waals surface area contributed by atoms with Gasteiger partial charge in [-0.1, -0.05) is 6.42 Å². The fourth-order valence-corrected chi connectivity index (χ4v) is 2.59. The molecular formula is C16H25N3O3. The molecule has 22 heavy (non-hydrogen) atoms. The summed E-state index contributed by atoms with van der Waals surface area (Å²) in [5, 5.41) is 5.55. The Morgan fingerprint density at radius 3 is 2.68 bits per heavy atom. The van der Waals surface area contributed by atoms with E-state index in [1.54, 1.807) is 12.1 Å². The van der Waals surface area contributed by atoms with Crippen LogP contribution in [0.3, 0.4) is 0 Å². The SMILES string of the molecule is O=C(CCNC(=O)c1ccco1)NCCCN1CCCCC1. The van der Waals surface area contributed by atoms with Gasteiger partial charge in [0.05, 0.1) is 6.26 Å². The van der Waals surface area contributed by atoms with Crippen molar-refractivity contribution in [2.24, 2.45) is 0 Å². The molecule has 0 radical (unpaired) electrons. The average molecular weight is 307 g/mol. The van der Waals surface area contributed by atoms with Crippen molar-refractivity contribution in [1.82, 2.24) is 15.5 Å². The number of carbonyl (C=O) groups is 2. The van der Waals surface area contributed by atoms with E-state index in [0.29, 0.717) is 13.1 Å². The van der Waals surface area contributed by atoms with Gasteiger partial charge in [-0.15, -0.1) is 0 Å². The molecule has 1 aromatic heterocycles. The Labute approximate surface area is 131 Å². The molecule has 0 atom stereocenters. The fourth-order valence-electron chi connectivity index (χ4n) is 2.59. The van der Waals surface area contributed by atoms with Crippen molar-refractivity contribution in [1.29, 1.82) is 0 Å². The van der Waals surface area contributed by atoms with E-state index in [0.717, 1.165) is 13.0 Å². The topological polar surface area (TPSA) is 74.6 Å². The standard InChI is InChI=1S/C16H25N3O3/c20-15(7-9-18-16(21)14-6-4-13-22-14)17-8-5-12-19-10-2-1-3-11-19/h4,6,13H,1-3,5,7-12H2,(H,17,20)(H,18,21). The van der Waals surface area contributed by atoms with Gasteiger partial charge in [-0.05, 0) is 51.0 Å². The molecule has 2 heterocycles. The number of hydrogen-bond donors (Lipinski definition) is 2. The Balaban J connectivity index is 1.48. The summed E-state index contributed by atoms with van der Waals surface area (Å²) in [6.45, 7) is 4.44. The van der Waals surface area contributed by atoms with E-state index in [2.05, 4.69) is 15.5 Å². The minimum atomic E-state index is -0.289. The lowest BCUT2D eigenvalue weighted by Gasteiger charge is -2.26. The molecule has 2 N–H and O–H groups in total. The number of amides is 2. The van der Waals surface area contributed by atoms with E-state index < -0.39 is 0 Å². The third-order valence-electron chi connectivity index (χ3n) is 3.80. The van der Waals surface area contributed by atoms with Crippen molar-refractivity contribution < 1.29 is 14.0 Å². The van der Waals surface area contributed by atoms with Gasteiger partial charge in [0.15, 0.2) is 5.76 Å². The number of likely N-dealkylation sites (tertiary alicyclic amines) is 1. The maximum absolute atomic E-state index is 11.7. The van der Waals surface area contributed by atoms with E-state index in [4.69, 9.17) is 4.42 Å². The van der Waals surface area contributed by atoms with Crippen LogP contribution < -0.4 is 10.6 Å². The van der Waals surface area contributed by atoms with Crippen LogP contribution in [-0.4, -0.2) is 49.4 Å². The second-order valence-electron chi connectivity index (χ2n) is 5.59. The molecule has 0 unspecified atom stereocenters. The van der Waals surface area contributed by atoms with Crippen LogP contribution in [0.25, 0.3) is 0 Å². The molecular weight excluding hydrogens is 282 g/mol. The van der Waals surface area contributed by atoms with Crippen LogP contribution >= 0.6 is 0 Å². The predicted molar refractivity (Wildman–Crippen MR) is 83.6 cm³/mol. The molecule has 1 aliphatic rings. The molecule has 6 heteroatoms. The molecule has 0 bridgehead atoms. The Bertz CT molecular complexity index is 453. The molecule has 0 spiro atoms. The Kier molecular flexibility index (Phi) is 6.96. The normalized spacial score (nSPS) is 15.5. The first kappa shape index (κ1) is 16.5. The molecule has 0 aliphatic carbocycles. The average Bonchev–Trinajstić information content (AvgIpc) is 3.07. The van der Waals surface area contributed by atoms with Gasteiger partial charge in [-0.2, -0.15) is 0 Å². The van der Waals surface area contributed by atoms with Crippen LogP contribution in [0.5, 0.6) is 0 Å². The highest BCUT2D eigenvalue weighted by molar-refractivity contribution is 5.91. The van der Waals surface area contributed by atoms with Gasteiger partial charge in [-0.25, -0.2) is 0 Å².